The predicted octanol–water partition coefficient (Wildman–Crippen LogP) is 2.72. The summed E-state index contributed by atoms with van der Waals surface area (Å²) in [4.78, 5) is 19.6. The number of rotatable bonds is 3. The molecule has 1 aliphatic carbocycles. The van der Waals surface area contributed by atoms with Crippen LogP contribution in [0.15, 0.2) is 36.8 Å². The van der Waals surface area contributed by atoms with Crippen molar-refractivity contribution in [2.45, 2.75) is 18.8 Å². The summed E-state index contributed by atoms with van der Waals surface area (Å²) < 4.78 is 0. The third kappa shape index (κ3) is 1.97. The van der Waals surface area contributed by atoms with Crippen molar-refractivity contribution in [3.8, 4) is 11.3 Å². The van der Waals surface area contributed by atoms with Crippen molar-refractivity contribution in [2.75, 3.05) is 0 Å². The normalized spacial score (nSPS) is 14.4. The van der Waals surface area contributed by atoms with E-state index in [4.69, 9.17) is 0 Å². The van der Waals surface area contributed by atoms with E-state index in [1.54, 1.807) is 36.8 Å². The molecule has 1 N–H and O–H groups in total. The van der Waals surface area contributed by atoms with Gasteiger partial charge in [0.05, 0.1) is 11.3 Å². The van der Waals surface area contributed by atoms with Gasteiger partial charge in [0.1, 0.15) is 0 Å². The molecule has 3 rings (SSSR count). The number of carboxylic acids is 1. The van der Waals surface area contributed by atoms with Crippen molar-refractivity contribution in [1.82, 2.24) is 9.97 Å². The Kier molecular flexibility index (Phi) is 2.55. The van der Waals surface area contributed by atoms with Gasteiger partial charge in [-0.05, 0) is 42.5 Å². The first-order chi connectivity index (χ1) is 8.75. The minimum absolute atomic E-state index is 0.269. The molecule has 4 nitrogen and oxygen atoms in total. The van der Waals surface area contributed by atoms with Gasteiger partial charge in [0.25, 0.3) is 0 Å². The molecule has 2 heterocycles. The molecule has 0 amide bonds. The van der Waals surface area contributed by atoms with E-state index in [0.29, 0.717) is 11.6 Å². The van der Waals surface area contributed by atoms with Crippen LogP contribution in [0.2, 0.25) is 0 Å². The molecule has 0 saturated heterocycles. The Balaban J connectivity index is 2.11. The molecule has 0 atom stereocenters. The first kappa shape index (κ1) is 10.9. The van der Waals surface area contributed by atoms with Crippen LogP contribution < -0.4 is 0 Å². The molecule has 0 aliphatic heterocycles. The van der Waals surface area contributed by atoms with Gasteiger partial charge in [0.15, 0.2) is 0 Å². The van der Waals surface area contributed by atoms with Crippen LogP contribution in [0.5, 0.6) is 0 Å². The zero-order valence-electron chi connectivity index (χ0n) is 9.71. The van der Waals surface area contributed by atoms with Gasteiger partial charge in [-0.25, -0.2) is 4.79 Å². The number of pyridine rings is 2. The number of aromatic carboxylic acids is 1. The summed E-state index contributed by atoms with van der Waals surface area (Å²) in [5.74, 6) is -0.432. The van der Waals surface area contributed by atoms with Gasteiger partial charge < -0.3 is 5.11 Å². The van der Waals surface area contributed by atoms with E-state index in [9.17, 15) is 9.90 Å². The van der Waals surface area contributed by atoms with Crippen molar-refractivity contribution < 1.29 is 9.90 Å². The van der Waals surface area contributed by atoms with Crippen LogP contribution >= 0.6 is 0 Å². The predicted molar refractivity (Wildman–Crippen MR) is 66.4 cm³/mol. The van der Waals surface area contributed by atoms with E-state index >= 15 is 0 Å². The van der Waals surface area contributed by atoms with E-state index in [2.05, 4.69) is 9.97 Å². The summed E-state index contributed by atoms with van der Waals surface area (Å²) in [6.45, 7) is 0. The van der Waals surface area contributed by atoms with Gasteiger partial charge in [0, 0.05) is 24.2 Å². The second-order valence-electron chi connectivity index (χ2n) is 4.48. The maximum Gasteiger partial charge on any atom is 0.337 e. The first-order valence-corrected chi connectivity index (χ1v) is 5.89. The van der Waals surface area contributed by atoms with Crippen molar-refractivity contribution in [2.24, 2.45) is 0 Å². The highest BCUT2D eigenvalue weighted by molar-refractivity contribution is 5.94. The van der Waals surface area contributed by atoms with Gasteiger partial charge in [-0.1, -0.05) is 0 Å². The molecule has 0 radical (unpaired) electrons. The lowest BCUT2D eigenvalue weighted by Gasteiger charge is -2.07. The van der Waals surface area contributed by atoms with Gasteiger partial charge in [-0.2, -0.15) is 0 Å². The highest BCUT2D eigenvalue weighted by Gasteiger charge is 2.26. The fourth-order valence-electron chi connectivity index (χ4n) is 2.02. The summed E-state index contributed by atoms with van der Waals surface area (Å²) in [5, 5.41) is 9.30. The highest BCUT2D eigenvalue weighted by Crippen LogP contribution is 2.40. The molecule has 1 fully saturated rings. The van der Waals surface area contributed by atoms with Crippen LogP contribution in [-0.4, -0.2) is 21.0 Å². The Morgan fingerprint density at radius 3 is 2.61 bits per heavy atom. The molecule has 0 spiro atoms. The molecule has 2 aromatic heterocycles. The SMILES string of the molecule is O=C(O)c1cc(C2CC2)cnc1-c1ccncc1. The summed E-state index contributed by atoms with van der Waals surface area (Å²) >= 11 is 0. The van der Waals surface area contributed by atoms with Gasteiger partial charge in [0.2, 0.25) is 0 Å². The Morgan fingerprint density at radius 1 is 1.28 bits per heavy atom. The zero-order valence-corrected chi connectivity index (χ0v) is 9.71. The molecule has 4 heteroatoms. The topological polar surface area (TPSA) is 63.1 Å². The maximum absolute atomic E-state index is 11.3. The van der Waals surface area contributed by atoms with Crippen molar-refractivity contribution >= 4 is 5.97 Å². The van der Waals surface area contributed by atoms with Crippen molar-refractivity contribution in [3.63, 3.8) is 0 Å². The van der Waals surface area contributed by atoms with E-state index in [-0.39, 0.29) is 5.56 Å². The third-order valence-corrected chi connectivity index (χ3v) is 3.14. The lowest BCUT2D eigenvalue weighted by Crippen LogP contribution is -2.03. The summed E-state index contributed by atoms with van der Waals surface area (Å²) in [6, 6.07) is 5.29. The smallest absolute Gasteiger partial charge is 0.337 e. The second kappa shape index (κ2) is 4.22. The summed E-state index contributed by atoms with van der Waals surface area (Å²) in [7, 11) is 0. The lowest BCUT2D eigenvalue weighted by atomic mass is 10.0. The van der Waals surface area contributed by atoms with Crippen molar-refractivity contribution in [3.05, 3.63) is 47.9 Å². The number of carboxylic acid groups (broad SMARTS) is 1. The zero-order chi connectivity index (χ0) is 12.5. The molecule has 1 saturated carbocycles. The molecule has 18 heavy (non-hydrogen) atoms. The quantitative estimate of drug-likeness (QED) is 0.895. The van der Waals surface area contributed by atoms with E-state index in [0.717, 1.165) is 24.0 Å². The number of hydrogen-bond acceptors (Lipinski definition) is 3. The largest absolute Gasteiger partial charge is 0.478 e. The number of hydrogen-bond donors (Lipinski definition) is 1. The monoisotopic (exact) mass is 240 g/mol. The average Bonchev–Trinajstić information content (AvgIpc) is 3.23. The lowest BCUT2D eigenvalue weighted by molar-refractivity contribution is 0.0697. The summed E-state index contributed by atoms with van der Waals surface area (Å²) in [6.07, 6.45) is 7.33. The number of aromatic nitrogens is 2. The van der Waals surface area contributed by atoms with E-state index in [1.165, 1.54) is 0 Å². The van der Waals surface area contributed by atoms with E-state index < -0.39 is 5.97 Å². The van der Waals surface area contributed by atoms with Gasteiger partial charge in [-0.3, -0.25) is 9.97 Å². The Hall–Kier alpha value is -2.23. The molecular weight excluding hydrogens is 228 g/mol. The average molecular weight is 240 g/mol. The van der Waals surface area contributed by atoms with Gasteiger partial charge in [-0.15, -0.1) is 0 Å². The minimum Gasteiger partial charge on any atom is -0.478 e. The number of carbonyl (C=O) groups is 1. The molecule has 0 aromatic carbocycles. The van der Waals surface area contributed by atoms with E-state index in [1.807, 2.05) is 0 Å². The van der Waals surface area contributed by atoms with Crippen LogP contribution in [0.3, 0.4) is 0 Å². The van der Waals surface area contributed by atoms with Crippen LogP contribution in [0.25, 0.3) is 11.3 Å². The molecule has 0 bridgehead atoms. The number of nitrogens with zero attached hydrogens (tertiary/aromatic N) is 2. The Bertz CT molecular complexity index is 592. The molecular formula is C14H12N2O2. The fraction of sp³-hybridized carbons (Fsp3) is 0.214. The van der Waals surface area contributed by atoms with Crippen LogP contribution in [0, 0.1) is 0 Å². The van der Waals surface area contributed by atoms with Crippen LogP contribution in [0.4, 0.5) is 0 Å². The molecule has 2 aromatic rings. The van der Waals surface area contributed by atoms with Crippen LogP contribution in [0.1, 0.15) is 34.7 Å². The first-order valence-electron chi connectivity index (χ1n) is 5.89. The van der Waals surface area contributed by atoms with Crippen LogP contribution in [-0.2, 0) is 0 Å². The second-order valence-corrected chi connectivity index (χ2v) is 4.48. The standard InChI is InChI=1S/C14H12N2O2/c17-14(18)12-7-11(9-1-2-9)8-16-13(12)10-3-5-15-6-4-10/h3-9H,1-2H2,(H,17,18). The van der Waals surface area contributed by atoms with Crippen molar-refractivity contribution in [1.29, 1.82) is 0 Å². The maximum atomic E-state index is 11.3. The minimum atomic E-state index is -0.934. The third-order valence-electron chi connectivity index (χ3n) is 3.14. The summed E-state index contributed by atoms with van der Waals surface area (Å²) in [5.41, 5.74) is 2.59. The molecule has 90 valence electrons. The molecule has 1 aliphatic rings. The highest BCUT2D eigenvalue weighted by atomic mass is 16.4. The molecule has 0 unspecified atom stereocenters. The fourth-order valence-corrected chi connectivity index (χ4v) is 2.02. The Labute approximate surface area is 104 Å². The van der Waals surface area contributed by atoms with Gasteiger partial charge >= 0.3 is 5.97 Å². The Morgan fingerprint density at radius 2 is 2.00 bits per heavy atom.